The molecule has 1 aromatic rings. The highest BCUT2D eigenvalue weighted by molar-refractivity contribution is 5.37. The fourth-order valence-electron chi connectivity index (χ4n) is 7.67. The van der Waals surface area contributed by atoms with Gasteiger partial charge >= 0.3 is 0 Å². The van der Waals surface area contributed by atoms with Gasteiger partial charge < -0.3 is 0 Å². The van der Waals surface area contributed by atoms with Gasteiger partial charge in [0.15, 0.2) is 0 Å². The van der Waals surface area contributed by atoms with E-state index in [0.29, 0.717) is 11.8 Å². The lowest BCUT2D eigenvalue weighted by atomic mass is 9.63. The molecule has 186 valence electrons. The second-order valence-electron chi connectivity index (χ2n) is 12.2. The number of hydrogen-bond donors (Lipinski definition) is 0. The van der Waals surface area contributed by atoms with Crippen molar-refractivity contribution >= 4 is 0 Å². The summed E-state index contributed by atoms with van der Waals surface area (Å²) < 4.78 is 15.3. The zero-order chi connectivity index (χ0) is 23.0. The molecule has 0 spiro atoms. The normalized spacial score (nSPS) is 29.5. The third-order valence-corrected chi connectivity index (χ3v) is 9.75. The van der Waals surface area contributed by atoms with E-state index < -0.39 is 0 Å². The standard InChI is InChI=1S/C32H51F/c1-3-5-7-9-11-24-13-15-27-21-28(18-17-26(27)19-24)30-22-29-16-14-25(12-10-8-6-4-2)20-31(29)32(33)23-30/h22-28H,3-21H2,1-2H3. The Morgan fingerprint density at radius 3 is 2.18 bits per heavy atom. The lowest BCUT2D eigenvalue weighted by Crippen LogP contribution is -2.30. The number of fused-ring (bicyclic) bond motifs is 2. The van der Waals surface area contributed by atoms with Crippen molar-refractivity contribution in [3.8, 4) is 0 Å². The SMILES string of the molecule is CCCCCCC1CCc2cc(C3CCC4CC(CCCCCC)CCC4C3)cc(F)c2C1. The van der Waals surface area contributed by atoms with Crippen LogP contribution in [0.4, 0.5) is 4.39 Å². The Morgan fingerprint density at radius 2 is 1.42 bits per heavy atom. The van der Waals surface area contributed by atoms with Crippen molar-refractivity contribution in [3.63, 3.8) is 0 Å². The van der Waals surface area contributed by atoms with Crippen molar-refractivity contribution in [2.45, 2.75) is 142 Å². The fraction of sp³-hybridized carbons (Fsp3) is 0.812. The first kappa shape index (κ1) is 25.2. The highest BCUT2D eigenvalue weighted by Gasteiger charge is 2.36. The molecule has 4 rings (SSSR count). The Labute approximate surface area is 204 Å². The summed E-state index contributed by atoms with van der Waals surface area (Å²) in [6.07, 6.45) is 25.5. The molecule has 0 nitrogen and oxygen atoms in total. The van der Waals surface area contributed by atoms with Gasteiger partial charge in [0.05, 0.1) is 0 Å². The minimum atomic E-state index is 0.124. The van der Waals surface area contributed by atoms with E-state index in [4.69, 9.17) is 0 Å². The number of benzene rings is 1. The molecule has 0 aliphatic heterocycles. The van der Waals surface area contributed by atoms with Crippen LogP contribution in [0.15, 0.2) is 12.1 Å². The van der Waals surface area contributed by atoms with Crippen molar-refractivity contribution in [2.75, 3.05) is 0 Å². The van der Waals surface area contributed by atoms with Gasteiger partial charge in [0.1, 0.15) is 5.82 Å². The van der Waals surface area contributed by atoms with E-state index in [-0.39, 0.29) is 5.82 Å². The lowest BCUT2D eigenvalue weighted by Gasteiger charge is -2.42. The molecule has 0 N–H and O–H groups in total. The summed E-state index contributed by atoms with van der Waals surface area (Å²) in [7, 11) is 0. The molecular formula is C32H51F. The van der Waals surface area contributed by atoms with Crippen LogP contribution in [0.25, 0.3) is 0 Å². The number of rotatable bonds is 11. The summed E-state index contributed by atoms with van der Waals surface area (Å²) in [6.45, 7) is 4.58. The first-order valence-electron chi connectivity index (χ1n) is 15.0. The molecule has 0 heterocycles. The quantitative estimate of drug-likeness (QED) is 0.292. The Morgan fingerprint density at radius 1 is 0.727 bits per heavy atom. The van der Waals surface area contributed by atoms with Crippen LogP contribution >= 0.6 is 0 Å². The summed E-state index contributed by atoms with van der Waals surface area (Å²) in [4.78, 5) is 0. The summed E-state index contributed by atoms with van der Waals surface area (Å²) in [5.74, 6) is 4.31. The Bertz CT molecular complexity index is 721. The highest BCUT2D eigenvalue weighted by atomic mass is 19.1. The fourth-order valence-corrected chi connectivity index (χ4v) is 7.67. The van der Waals surface area contributed by atoms with Gasteiger partial charge in [-0.25, -0.2) is 4.39 Å². The molecule has 3 aliphatic rings. The van der Waals surface area contributed by atoms with Crippen molar-refractivity contribution in [3.05, 3.63) is 34.6 Å². The smallest absolute Gasteiger partial charge is 0.126 e. The molecule has 0 radical (unpaired) electrons. The van der Waals surface area contributed by atoms with Gasteiger partial charge in [-0.15, -0.1) is 0 Å². The van der Waals surface area contributed by atoms with Gasteiger partial charge in [-0.3, -0.25) is 0 Å². The van der Waals surface area contributed by atoms with Gasteiger partial charge in [0, 0.05) is 0 Å². The number of unbranched alkanes of at least 4 members (excludes halogenated alkanes) is 6. The molecule has 33 heavy (non-hydrogen) atoms. The van der Waals surface area contributed by atoms with Crippen LogP contribution in [-0.4, -0.2) is 0 Å². The molecule has 1 aromatic carbocycles. The van der Waals surface area contributed by atoms with E-state index in [1.54, 1.807) is 0 Å². The topological polar surface area (TPSA) is 0 Å². The van der Waals surface area contributed by atoms with Gasteiger partial charge in [-0.1, -0.05) is 90.5 Å². The van der Waals surface area contributed by atoms with Crippen LogP contribution in [0, 0.1) is 29.5 Å². The lowest BCUT2D eigenvalue weighted by molar-refractivity contribution is 0.113. The van der Waals surface area contributed by atoms with Gasteiger partial charge in [0.25, 0.3) is 0 Å². The van der Waals surface area contributed by atoms with E-state index in [1.165, 1.54) is 120 Å². The monoisotopic (exact) mass is 454 g/mol. The first-order valence-corrected chi connectivity index (χ1v) is 15.0. The molecule has 0 saturated heterocycles. The second-order valence-corrected chi connectivity index (χ2v) is 12.2. The largest absolute Gasteiger partial charge is 0.207 e. The Balaban J connectivity index is 1.29. The van der Waals surface area contributed by atoms with Crippen LogP contribution in [0.3, 0.4) is 0 Å². The van der Waals surface area contributed by atoms with Crippen molar-refractivity contribution < 1.29 is 4.39 Å². The van der Waals surface area contributed by atoms with Crippen molar-refractivity contribution in [1.29, 1.82) is 0 Å². The molecule has 5 unspecified atom stereocenters. The van der Waals surface area contributed by atoms with Crippen LogP contribution in [0.2, 0.25) is 0 Å². The minimum absolute atomic E-state index is 0.124. The maximum Gasteiger partial charge on any atom is 0.126 e. The number of aryl methyl sites for hydroxylation is 1. The maximum absolute atomic E-state index is 15.3. The molecule has 1 heteroatoms. The molecule has 5 atom stereocenters. The van der Waals surface area contributed by atoms with E-state index in [2.05, 4.69) is 19.9 Å². The third kappa shape index (κ3) is 6.85. The zero-order valence-electron chi connectivity index (χ0n) is 21.9. The number of halogens is 1. The third-order valence-electron chi connectivity index (χ3n) is 9.75. The van der Waals surface area contributed by atoms with E-state index in [9.17, 15) is 0 Å². The van der Waals surface area contributed by atoms with Gasteiger partial charge in [-0.2, -0.15) is 0 Å². The molecule has 0 aromatic heterocycles. The summed E-state index contributed by atoms with van der Waals surface area (Å²) >= 11 is 0. The van der Waals surface area contributed by atoms with Crippen LogP contribution in [-0.2, 0) is 12.8 Å². The van der Waals surface area contributed by atoms with Crippen LogP contribution < -0.4 is 0 Å². The van der Waals surface area contributed by atoms with Crippen LogP contribution in [0.1, 0.15) is 146 Å². The number of hydrogen-bond acceptors (Lipinski definition) is 0. The summed E-state index contributed by atoms with van der Waals surface area (Å²) in [5.41, 5.74) is 3.77. The average Bonchev–Trinajstić information content (AvgIpc) is 2.84. The van der Waals surface area contributed by atoms with E-state index >= 15 is 4.39 Å². The zero-order valence-corrected chi connectivity index (χ0v) is 21.9. The molecule has 0 bridgehead atoms. The predicted octanol–water partition coefficient (Wildman–Crippen LogP) is 10.2. The highest BCUT2D eigenvalue weighted by Crippen LogP contribution is 2.49. The Kier molecular flexibility index (Phi) is 9.75. The average molecular weight is 455 g/mol. The molecule has 0 amide bonds. The molecule has 2 fully saturated rings. The van der Waals surface area contributed by atoms with Crippen LogP contribution in [0.5, 0.6) is 0 Å². The second kappa shape index (κ2) is 12.7. The molecule has 3 aliphatic carbocycles. The Hall–Kier alpha value is -0.850. The minimum Gasteiger partial charge on any atom is -0.207 e. The van der Waals surface area contributed by atoms with Crippen molar-refractivity contribution in [2.24, 2.45) is 23.7 Å². The summed E-state index contributed by atoms with van der Waals surface area (Å²) in [6, 6.07) is 4.40. The van der Waals surface area contributed by atoms with E-state index in [0.717, 1.165) is 36.2 Å². The maximum atomic E-state index is 15.3. The summed E-state index contributed by atoms with van der Waals surface area (Å²) in [5, 5.41) is 0. The first-order chi connectivity index (χ1) is 16.2. The van der Waals surface area contributed by atoms with E-state index in [1.807, 2.05) is 6.07 Å². The predicted molar refractivity (Wildman–Crippen MR) is 140 cm³/mol. The van der Waals surface area contributed by atoms with Crippen molar-refractivity contribution in [1.82, 2.24) is 0 Å². The molecule has 2 saturated carbocycles. The molecular weight excluding hydrogens is 403 g/mol. The van der Waals surface area contributed by atoms with Gasteiger partial charge in [0.2, 0.25) is 0 Å². The van der Waals surface area contributed by atoms with Gasteiger partial charge in [-0.05, 0) is 104 Å².